The normalized spacial score (nSPS) is 12.8. The predicted molar refractivity (Wildman–Crippen MR) is 114 cm³/mol. The van der Waals surface area contributed by atoms with Crippen LogP contribution in [0.1, 0.15) is 27.2 Å². The van der Waals surface area contributed by atoms with Crippen LogP contribution in [0.15, 0.2) is 42.7 Å². The van der Waals surface area contributed by atoms with Gasteiger partial charge in [-0.15, -0.1) is 0 Å². The number of anilines is 2. The Morgan fingerprint density at radius 3 is 2.53 bits per heavy atom. The first-order valence-corrected chi connectivity index (χ1v) is 9.55. The number of carbonyl (C=O) groups is 1. The molecule has 0 saturated heterocycles. The van der Waals surface area contributed by atoms with Gasteiger partial charge in [0, 0.05) is 68.3 Å². The van der Waals surface area contributed by atoms with Gasteiger partial charge in [-0.05, 0) is 12.1 Å². The molecular formula is C22H21N7O. The number of nitriles is 1. The summed E-state index contributed by atoms with van der Waals surface area (Å²) in [6.45, 7) is 0.879. The van der Waals surface area contributed by atoms with Crippen molar-refractivity contribution in [3.8, 4) is 17.2 Å². The first-order chi connectivity index (χ1) is 14.5. The molecule has 0 fully saturated rings. The molecule has 2 N–H and O–H groups in total. The van der Waals surface area contributed by atoms with Gasteiger partial charge in [-0.1, -0.05) is 18.2 Å². The van der Waals surface area contributed by atoms with E-state index in [4.69, 9.17) is 5.73 Å². The van der Waals surface area contributed by atoms with E-state index in [0.717, 1.165) is 11.3 Å². The van der Waals surface area contributed by atoms with Crippen molar-refractivity contribution in [2.45, 2.75) is 13.0 Å². The lowest BCUT2D eigenvalue weighted by Gasteiger charge is -2.30. The largest absolute Gasteiger partial charge is 0.383 e. The van der Waals surface area contributed by atoms with Gasteiger partial charge < -0.3 is 15.5 Å². The van der Waals surface area contributed by atoms with Crippen molar-refractivity contribution in [2.24, 2.45) is 0 Å². The zero-order valence-corrected chi connectivity index (χ0v) is 16.8. The van der Waals surface area contributed by atoms with E-state index in [-0.39, 0.29) is 17.3 Å². The van der Waals surface area contributed by atoms with Gasteiger partial charge in [0.05, 0.1) is 5.69 Å². The molecule has 1 aromatic carbocycles. The van der Waals surface area contributed by atoms with E-state index >= 15 is 0 Å². The number of nitrogens with two attached hydrogens (primary N) is 1. The van der Waals surface area contributed by atoms with E-state index in [1.165, 1.54) is 0 Å². The minimum Gasteiger partial charge on any atom is -0.383 e. The summed E-state index contributed by atoms with van der Waals surface area (Å²) < 4.78 is 0. The van der Waals surface area contributed by atoms with E-state index < -0.39 is 0 Å². The predicted octanol–water partition coefficient (Wildman–Crippen LogP) is 2.26. The zero-order valence-electron chi connectivity index (χ0n) is 16.8. The lowest BCUT2D eigenvalue weighted by molar-refractivity contribution is 0.0734. The molecule has 3 heterocycles. The summed E-state index contributed by atoms with van der Waals surface area (Å²) in [4.78, 5) is 29.8. The summed E-state index contributed by atoms with van der Waals surface area (Å²) in [5, 5.41) is 9.76. The van der Waals surface area contributed by atoms with Crippen molar-refractivity contribution >= 4 is 17.7 Å². The number of hydrogen-bond donors (Lipinski definition) is 1. The zero-order chi connectivity index (χ0) is 21.3. The summed E-state index contributed by atoms with van der Waals surface area (Å²) in [6.07, 6.45) is 3.92. The Morgan fingerprint density at radius 1 is 1.20 bits per heavy atom. The number of fused-ring (bicyclic) bond motifs is 1. The van der Waals surface area contributed by atoms with Gasteiger partial charge in [-0.3, -0.25) is 4.79 Å². The monoisotopic (exact) mass is 399 g/mol. The Balaban J connectivity index is 1.79. The first kappa shape index (κ1) is 19.3. The summed E-state index contributed by atoms with van der Waals surface area (Å²) in [6, 6.07) is 11.3. The summed E-state index contributed by atoms with van der Waals surface area (Å²) in [5.41, 5.74) is 9.95. The second-order valence-electron chi connectivity index (χ2n) is 7.29. The number of amides is 1. The number of nitrogen functional groups attached to an aromatic ring is 1. The van der Waals surface area contributed by atoms with Gasteiger partial charge in [0.2, 0.25) is 5.95 Å². The average Bonchev–Trinajstić information content (AvgIpc) is 2.78. The highest BCUT2D eigenvalue weighted by molar-refractivity contribution is 5.94. The Labute approximate surface area is 174 Å². The van der Waals surface area contributed by atoms with Crippen molar-refractivity contribution in [1.82, 2.24) is 19.9 Å². The number of nitrogens with zero attached hydrogens (tertiary/aromatic N) is 6. The van der Waals surface area contributed by atoms with Gasteiger partial charge in [-0.2, -0.15) is 5.26 Å². The molecule has 8 heteroatoms. The molecule has 0 radical (unpaired) electrons. The SMILES string of the molecule is CN(C)c1ncc(-c2c(C#N)c(N)nc3c2CN(C(=O)c2ccccc2)CC3)cn1. The van der Waals surface area contributed by atoms with Crippen molar-refractivity contribution in [3.63, 3.8) is 0 Å². The summed E-state index contributed by atoms with van der Waals surface area (Å²) in [5.74, 6) is 0.696. The lowest BCUT2D eigenvalue weighted by Crippen LogP contribution is -2.37. The van der Waals surface area contributed by atoms with Gasteiger partial charge >= 0.3 is 0 Å². The molecule has 0 atom stereocenters. The Morgan fingerprint density at radius 2 is 1.90 bits per heavy atom. The second-order valence-corrected chi connectivity index (χ2v) is 7.29. The Bertz CT molecular complexity index is 1130. The Hall–Kier alpha value is -3.99. The third kappa shape index (κ3) is 3.42. The third-order valence-corrected chi connectivity index (χ3v) is 5.13. The van der Waals surface area contributed by atoms with Crippen LogP contribution in [-0.4, -0.2) is 46.4 Å². The minimum absolute atomic E-state index is 0.0539. The third-order valence-electron chi connectivity index (χ3n) is 5.13. The van der Waals surface area contributed by atoms with Crippen molar-refractivity contribution in [3.05, 3.63) is 65.1 Å². The van der Waals surface area contributed by atoms with E-state index in [1.54, 1.807) is 34.3 Å². The molecule has 0 saturated carbocycles. The van der Waals surface area contributed by atoms with Gasteiger partial charge in [0.1, 0.15) is 17.5 Å². The van der Waals surface area contributed by atoms with Crippen LogP contribution in [0.4, 0.5) is 11.8 Å². The van der Waals surface area contributed by atoms with Gasteiger partial charge in [0.15, 0.2) is 0 Å². The molecule has 0 unspecified atom stereocenters. The van der Waals surface area contributed by atoms with Crippen LogP contribution < -0.4 is 10.6 Å². The summed E-state index contributed by atoms with van der Waals surface area (Å²) in [7, 11) is 3.71. The van der Waals surface area contributed by atoms with Crippen LogP contribution in [0.2, 0.25) is 0 Å². The number of hydrogen-bond acceptors (Lipinski definition) is 7. The first-order valence-electron chi connectivity index (χ1n) is 9.55. The summed E-state index contributed by atoms with van der Waals surface area (Å²) >= 11 is 0. The van der Waals surface area contributed by atoms with E-state index in [1.807, 2.05) is 32.3 Å². The molecule has 1 aliphatic rings. The van der Waals surface area contributed by atoms with Crippen molar-refractivity contribution in [2.75, 3.05) is 31.3 Å². The fourth-order valence-corrected chi connectivity index (χ4v) is 3.63. The molecular weight excluding hydrogens is 378 g/mol. The topological polar surface area (TPSA) is 112 Å². The van der Waals surface area contributed by atoms with Gasteiger partial charge in [0.25, 0.3) is 5.91 Å². The quantitative estimate of drug-likeness (QED) is 0.719. The maximum Gasteiger partial charge on any atom is 0.254 e. The molecule has 1 aliphatic heterocycles. The number of rotatable bonds is 3. The molecule has 4 rings (SSSR count). The highest BCUT2D eigenvalue weighted by Crippen LogP contribution is 2.35. The Kier molecular flexibility index (Phi) is 5.02. The van der Waals surface area contributed by atoms with Crippen molar-refractivity contribution in [1.29, 1.82) is 5.26 Å². The standard InChI is InChI=1S/C22H21N7O/c1-28(2)22-25-11-15(12-26-22)19-16(10-23)20(24)27-18-8-9-29(13-17(18)19)21(30)14-6-4-3-5-7-14/h3-7,11-12H,8-9,13H2,1-2H3,(H2,24,27). The molecule has 30 heavy (non-hydrogen) atoms. The van der Waals surface area contributed by atoms with Crippen LogP contribution in [0.3, 0.4) is 0 Å². The van der Waals surface area contributed by atoms with Gasteiger partial charge in [-0.25, -0.2) is 15.0 Å². The minimum atomic E-state index is -0.0539. The van der Waals surface area contributed by atoms with Crippen LogP contribution in [0.25, 0.3) is 11.1 Å². The highest BCUT2D eigenvalue weighted by atomic mass is 16.2. The molecule has 0 spiro atoms. The maximum atomic E-state index is 13.0. The fourth-order valence-electron chi connectivity index (χ4n) is 3.63. The van der Waals surface area contributed by atoms with E-state index in [2.05, 4.69) is 21.0 Å². The molecule has 1 amide bonds. The lowest BCUT2D eigenvalue weighted by atomic mass is 9.92. The van der Waals surface area contributed by atoms with Crippen LogP contribution in [0.5, 0.6) is 0 Å². The van der Waals surface area contributed by atoms with E-state index in [9.17, 15) is 10.1 Å². The number of pyridine rings is 1. The molecule has 150 valence electrons. The number of carbonyl (C=O) groups excluding carboxylic acids is 1. The highest BCUT2D eigenvalue weighted by Gasteiger charge is 2.28. The second kappa shape index (κ2) is 7.79. The van der Waals surface area contributed by atoms with Crippen LogP contribution >= 0.6 is 0 Å². The van der Waals surface area contributed by atoms with E-state index in [0.29, 0.717) is 42.1 Å². The maximum absolute atomic E-state index is 13.0. The number of aromatic nitrogens is 3. The molecule has 0 aliphatic carbocycles. The molecule has 0 bridgehead atoms. The smallest absolute Gasteiger partial charge is 0.254 e. The molecule has 8 nitrogen and oxygen atoms in total. The fraction of sp³-hybridized carbons (Fsp3) is 0.227. The molecule has 3 aromatic rings. The molecule has 2 aromatic heterocycles. The number of benzene rings is 1. The average molecular weight is 399 g/mol. The van der Waals surface area contributed by atoms with Crippen molar-refractivity contribution < 1.29 is 4.79 Å². The van der Waals surface area contributed by atoms with Crippen LogP contribution in [-0.2, 0) is 13.0 Å². The van der Waals surface area contributed by atoms with Crippen LogP contribution in [0, 0.1) is 11.3 Å².